The molecule has 1 aromatic carbocycles. The third-order valence-corrected chi connectivity index (χ3v) is 7.46. The fourth-order valence-corrected chi connectivity index (χ4v) is 5.52. The lowest BCUT2D eigenvalue weighted by Gasteiger charge is -2.42. The van der Waals surface area contributed by atoms with E-state index in [1.165, 1.54) is 35.2 Å². The summed E-state index contributed by atoms with van der Waals surface area (Å²) in [6.45, 7) is 4.03. The Labute approximate surface area is 192 Å². The minimum absolute atomic E-state index is 0.0644. The fraction of sp³-hybridized carbons (Fsp3) is 0.333. The maximum absolute atomic E-state index is 13.4. The molecule has 2 aromatic rings. The second-order valence-electron chi connectivity index (χ2n) is 8.38. The van der Waals surface area contributed by atoms with Crippen LogP contribution in [0.2, 0.25) is 0 Å². The Kier molecular flexibility index (Phi) is 5.52. The number of nitrogens with two attached hydrogens (primary N) is 1. The molecule has 1 atom stereocenters. The van der Waals surface area contributed by atoms with Gasteiger partial charge in [0.1, 0.15) is 5.82 Å². The maximum Gasteiger partial charge on any atom is 0.269 e. The van der Waals surface area contributed by atoms with Crippen LogP contribution >= 0.6 is 23.1 Å². The van der Waals surface area contributed by atoms with Gasteiger partial charge in [0.25, 0.3) is 5.69 Å². The van der Waals surface area contributed by atoms with Crippen LogP contribution in [-0.2, 0) is 4.79 Å². The Hall–Kier alpha value is -3.23. The topological polar surface area (TPSA) is 139 Å². The Bertz CT molecular complexity index is 1220. The molecule has 0 bridgehead atoms. The van der Waals surface area contributed by atoms with E-state index in [9.17, 15) is 20.2 Å². The first-order chi connectivity index (χ1) is 15.2. The van der Waals surface area contributed by atoms with E-state index >= 15 is 0 Å². The minimum Gasteiger partial charge on any atom is -0.384 e. The molecule has 2 N–H and O–H groups in total. The summed E-state index contributed by atoms with van der Waals surface area (Å²) >= 11 is 2.79. The quantitative estimate of drug-likeness (QED) is 0.399. The number of anilines is 1. The molecule has 2 heterocycles. The first kappa shape index (κ1) is 22.0. The predicted molar refractivity (Wildman–Crippen MR) is 122 cm³/mol. The SMILES string of the molecule is CSc1nnc(N2C(N)=C(C#N)C(c3ccc([N+](=O)[O-])cc3)C3=C2CC(C)(C)CC3=O)s1. The second-order valence-corrected chi connectivity index (χ2v) is 10.4. The summed E-state index contributed by atoms with van der Waals surface area (Å²) < 4.78 is 0.743. The van der Waals surface area contributed by atoms with Crippen molar-refractivity contribution in [3.8, 4) is 6.07 Å². The van der Waals surface area contributed by atoms with Crippen molar-refractivity contribution in [3.63, 3.8) is 0 Å². The molecule has 4 rings (SSSR count). The van der Waals surface area contributed by atoms with Gasteiger partial charge in [-0.2, -0.15) is 5.26 Å². The smallest absolute Gasteiger partial charge is 0.269 e. The second kappa shape index (κ2) is 8.03. The number of nitro groups is 1. The molecular weight excluding hydrogens is 448 g/mol. The highest BCUT2D eigenvalue weighted by molar-refractivity contribution is 8.00. The number of nitrogens with zero attached hydrogens (tertiary/aromatic N) is 5. The van der Waals surface area contributed by atoms with Crippen LogP contribution in [-0.4, -0.2) is 27.2 Å². The van der Waals surface area contributed by atoms with Gasteiger partial charge in [-0.3, -0.25) is 19.8 Å². The van der Waals surface area contributed by atoms with Crippen LogP contribution in [0, 0.1) is 26.9 Å². The lowest BCUT2D eigenvalue weighted by atomic mass is 9.68. The first-order valence-electron chi connectivity index (χ1n) is 9.75. The summed E-state index contributed by atoms with van der Waals surface area (Å²) in [5, 5.41) is 30.0. The maximum atomic E-state index is 13.4. The van der Waals surface area contributed by atoms with Gasteiger partial charge in [-0.15, -0.1) is 10.2 Å². The average molecular weight is 469 g/mol. The summed E-state index contributed by atoms with van der Waals surface area (Å²) in [5.41, 5.74) is 8.18. The Morgan fingerprint density at radius 2 is 2.00 bits per heavy atom. The van der Waals surface area contributed by atoms with Gasteiger partial charge in [0.15, 0.2) is 10.1 Å². The number of nitriles is 1. The molecule has 32 heavy (non-hydrogen) atoms. The predicted octanol–water partition coefficient (Wildman–Crippen LogP) is 4.11. The molecule has 1 unspecified atom stereocenters. The standard InChI is InChI=1S/C21H20N6O3S2/c1-21(2)8-14-17(15(28)9-21)16(11-4-6-12(7-5-11)27(29)30)13(10-22)18(23)26(14)19-24-25-20(31-3)32-19/h4-7,16H,8-9,23H2,1-3H3. The summed E-state index contributed by atoms with van der Waals surface area (Å²) in [4.78, 5) is 25.7. The van der Waals surface area contributed by atoms with Crippen molar-refractivity contribution in [1.82, 2.24) is 10.2 Å². The van der Waals surface area contributed by atoms with Crippen molar-refractivity contribution < 1.29 is 9.72 Å². The van der Waals surface area contributed by atoms with Gasteiger partial charge in [-0.25, -0.2) is 0 Å². The molecule has 0 saturated heterocycles. The van der Waals surface area contributed by atoms with E-state index < -0.39 is 10.8 Å². The summed E-state index contributed by atoms with van der Waals surface area (Å²) in [7, 11) is 0. The van der Waals surface area contributed by atoms with Gasteiger partial charge in [0.05, 0.1) is 22.5 Å². The highest BCUT2D eigenvalue weighted by atomic mass is 32.2. The van der Waals surface area contributed by atoms with Crippen molar-refractivity contribution >= 4 is 39.7 Å². The number of hydrogen-bond acceptors (Lipinski definition) is 10. The molecule has 1 aromatic heterocycles. The van der Waals surface area contributed by atoms with Crippen molar-refractivity contribution in [2.24, 2.45) is 11.1 Å². The molecule has 11 heteroatoms. The van der Waals surface area contributed by atoms with E-state index in [2.05, 4.69) is 16.3 Å². The van der Waals surface area contributed by atoms with Crippen LogP contribution in [0.15, 0.2) is 51.3 Å². The van der Waals surface area contributed by atoms with Crippen LogP contribution in [0.3, 0.4) is 0 Å². The third-order valence-electron chi connectivity index (χ3n) is 5.58. The Morgan fingerprint density at radius 1 is 1.31 bits per heavy atom. The number of hydrogen-bond donors (Lipinski definition) is 1. The zero-order valence-corrected chi connectivity index (χ0v) is 19.3. The number of allylic oxidation sites excluding steroid dienone is 3. The molecule has 9 nitrogen and oxygen atoms in total. The number of rotatable bonds is 4. The van der Waals surface area contributed by atoms with E-state index in [0.717, 1.165) is 4.34 Å². The molecule has 1 aliphatic heterocycles. The number of nitro benzene ring substituents is 1. The number of aromatic nitrogens is 2. The number of thioether (sulfide) groups is 1. The average Bonchev–Trinajstić information content (AvgIpc) is 3.21. The Balaban J connectivity index is 1.94. The summed E-state index contributed by atoms with van der Waals surface area (Å²) in [6.07, 6.45) is 2.78. The number of carbonyl (C=O) groups is 1. The highest BCUT2D eigenvalue weighted by Crippen LogP contribution is 2.50. The molecule has 2 aliphatic rings. The van der Waals surface area contributed by atoms with Gasteiger partial charge < -0.3 is 5.73 Å². The van der Waals surface area contributed by atoms with Gasteiger partial charge in [-0.1, -0.05) is 49.1 Å². The molecule has 1 aliphatic carbocycles. The lowest BCUT2D eigenvalue weighted by molar-refractivity contribution is -0.384. The number of benzene rings is 1. The number of Topliss-reactive ketones (excluding diaryl/α,β-unsaturated/α-hetero) is 1. The first-order valence-corrected chi connectivity index (χ1v) is 11.8. The van der Waals surface area contributed by atoms with E-state index in [4.69, 9.17) is 5.73 Å². The normalized spacial score (nSPS) is 20.2. The van der Waals surface area contributed by atoms with Crippen LogP contribution < -0.4 is 10.6 Å². The van der Waals surface area contributed by atoms with E-state index in [1.54, 1.807) is 17.0 Å². The van der Waals surface area contributed by atoms with Gasteiger partial charge >= 0.3 is 0 Å². The summed E-state index contributed by atoms with van der Waals surface area (Å²) in [5.74, 6) is -0.563. The van der Waals surface area contributed by atoms with Crippen LogP contribution in [0.1, 0.15) is 38.2 Å². The lowest BCUT2D eigenvalue weighted by Crippen LogP contribution is -2.42. The molecule has 0 saturated carbocycles. The minimum atomic E-state index is -0.691. The number of ketones is 1. The molecule has 0 amide bonds. The molecular formula is C21H20N6O3S2. The zero-order chi connectivity index (χ0) is 23.2. The summed E-state index contributed by atoms with van der Waals surface area (Å²) in [6, 6.07) is 8.09. The molecule has 164 valence electrons. The number of non-ortho nitro benzene ring substituents is 1. The molecule has 0 radical (unpaired) electrons. The van der Waals surface area contributed by atoms with E-state index in [-0.39, 0.29) is 28.3 Å². The largest absolute Gasteiger partial charge is 0.384 e. The van der Waals surface area contributed by atoms with Crippen molar-refractivity contribution in [3.05, 3.63) is 62.6 Å². The van der Waals surface area contributed by atoms with Gasteiger partial charge in [-0.05, 0) is 23.7 Å². The zero-order valence-electron chi connectivity index (χ0n) is 17.7. The van der Waals surface area contributed by atoms with Crippen LogP contribution in [0.4, 0.5) is 10.8 Å². The molecule has 0 fully saturated rings. The molecule has 0 spiro atoms. The highest BCUT2D eigenvalue weighted by Gasteiger charge is 2.45. The van der Waals surface area contributed by atoms with Crippen LogP contribution in [0.25, 0.3) is 0 Å². The monoisotopic (exact) mass is 468 g/mol. The Morgan fingerprint density at radius 3 is 2.56 bits per heavy atom. The fourth-order valence-electron chi connectivity index (χ4n) is 4.22. The van der Waals surface area contributed by atoms with Crippen molar-refractivity contribution in [2.75, 3.05) is 11.2 Å². The van der Waals surface area contributed by atoms with E-state index in [0.29, 0.717) is 34.8 Å². The van der Waals surface area contributed by atoms with E-state index in [1.807, 2.05) is 20.1 Å². The van der Waals surface area contributed by atoms with Gasteiger partial charge in [0.2, 0.25) is 5.13 Å². The number of carbonyl (C=O) groups excluding carboxylic acids is 1. The third kappa shape index (κ3) is 3.65. The van der Waals surface area contributed by atoms with Crippen molar-refractivity contribution in [2.45, 2.75) is 36.9 Å². The van der Waals surface area contributed by atoms with Crippen molar-refractivity contribution in [1.29, 1.82) is 5.26 Å². The van der Waals surface area contributed by atoms with Crippen LogP contribution in [0.5, 0.6) is 0 Å². The van der Waals surface area contributed by atoms with Gasteiger partial charge in [0, 0.05) is 29.8 Å².